The highest BCUT2D eigenvalue weighted by molar-refractivity contribution is 7.91. The average Bonchev–Trinajstić information content (AvgIpc) is 2.29. The highest BCUT2D eigenvalue weighted by Gasteiger charge is 2.29. The topological polar surface area (TPSA) is 55.4 Å². The molecule has 1 aliphatic rings. The van der Waals surface area contributed by atoms with Crippen LogP contribution < -0.4 is 5.48 Å². The Morgan fingerprint density at radius 1 is 1.44 bits per heavy atom. The fourth-order valence-corrected chi connectivity index (χ4v) is 3.52. The lowest BCUT2D eigenvalue weighted by Gasteiger charge is -2.25. The molecule has 2 rings (SSSR count). The summed E-state index contributed by atoms with van der Waals surface area (Å²) in [5, 5.41) is 0. The van der Waals surface area contributed by atoms with E-state index in [0.29, 0.717) is 17.9 Å². The summed E-state index contributed by atoms with van der Waals surface area (Å²) in [5.74, 6) is 0.175. The Labute approximate surface area is 95.5 Å². The van der Waals surface area contributed by atoms with Crippen molar-refractivity contribution in [2.45, 2.75) is 24.3 Å². The van der Waals surface area contributed by atoms with Gasteiger partial charge in [-0.25, -0.2) is 8.42 Å². The molecule has 1 N–H and O–H groups in total. The van der Waals surface area contributed by atoms with E-state index < -0.39 is 9.84 Å². The number of nitrogens with one attached hydrogen (secondary N) is 1. The van der Waals surface area contributed by atoms with Gasteiger partial charge >= 0.3 is 0 Å². The molecule has 0 fully saturated rings. The van der Waals surface area contributed by atoms with Gasteiger partial charge in [0.25, 0.3) is 0 Å². The molecule has 1 heterocycles. The van der Waals surface area contributed by atoms with Crippen molar-refractivity contribution in [3.8, 4) is 0 Å². The predicted molar refractivity (Wildman–Crippen MR) is 60.6 cm³/mol. The zero-order chi connectivity index (χ0) is 11.6. The van der Waals surface area contributed by atoms with Crippen LogP contribution in [0.15, 0.2) is 29.2 Å². The van der Waals surface area contributed by atoms with E-state index in [2.05, 4.69) is 5.48 Å². The van der Waals surface area contributed by atoms with Crippen LogP contribution >= 0.6 is 0 Å². The van der Waals surface area contributed by atoms with E-state index in [0.717, 1.165) is 5.56 Å². The number of hydrogen-bond acceptors (Lipinski definition) is 4. The van der Waals surface area contributed by atoms with Crippen molar-refractivity contribution in [3.05, 3.63) is 29.8 Å². The van der Waals surface area contributed by atoms with E-state index in [1.807, 2.05) is 19.1 Å². The van der Waals surface area contributed by atoms with E-state index in [1.54, 1.807) is 12.1 Å². The number of fused-ring (bicyclic) bond motifs is 1. The van der Waals surface area contributed by atoms with Gasteiger partial charge in [0, 0.05) is 0 Å². The first kappa shape index (κ1) is 11.6. The first-order chi connectivity index (χ1) is 7.65. The van der Waals surface area contributed by atoms with Crippen molar-refractivity contribution in [2.75, 3.05) is 12.4 Å². The Kier molecular flexibility index (Phi) is 3.28. The third-order valence-corrected chi connectivity index (χ3v) is 4.49. The second-order valence-electron chi connectivity index (χ2n) is 3.75. The van der Waals surface area contributed by atoms with Crippen LogP contribution in [-0.4, -0.2) is 20.8 Å². The van der Waals surface area contributed by atoms with Crippen molar-refractivity contribution in [1.29, 1.82) is 0 Å². The second-order valence-corrected chi connectivity index (χ2v) is 5.83. The molecular weight excluding hydrogens is 226 g/mol. The van der Waals surface area contributed by atoms with Gasteiger partial charge in [0.15, 0.2) is 9.84 Å². The average molecular weight is 241 g/mol. The summed E-state index contributed by atoms with van der Waals surface area (Å²) in [6.07, 6.45) is 0.555. The van der Waals surface area contributed by atoms with Crippen LogP contribution in [0.3, 0.4) is 0 Å². The first-order valence-electron chi connectivity index (χ1n) is 5.34. The summed E-state index contributed by atoms with van der Waals surface area (Å²) in [6, 6.07) is 7.06. The van der Waals surface area contributed by atoms with Gasteiger partial charge in [0.2, 0.25) is 0 Å². The molecule has 88 valence electrons. The number of benzene rings is 1. The lowest BCUT2D eigenvalue weighted by molar-refractivity contribution is 0.0220. The summed E-state index contributed by atoms with van der Waals surface area (Å²) < 4.78 is 23.6. The number of hydrogen-bond donors (Lipinski definition) is 1. The van der Waals surface area contributed by atoms with Crippen LogP contribution in [0.2, 0.25) is 0 Å². The van der Waals surface area contributed by atoms with E-state index in [9.17, 15) is 8.42 Å². The summed E-state index contributed by atoms with van der Waals surface area (Å²) in [7, 11) is -3.10. The molecule has 1 aliphatic heterocycles. The molecule has 1 unspecified atom stereocenters. The van der Waals surface area contributed by atoms with Crippen LogP contribution in [0, 0.1) is 0 Å². The van der Waals surface area contributed by atoms with Gasteiger partial charge in [0.05, 0.1) is 23.3 Å². The molecule has 0 saturated heterocycles. The highest BCUT2D eigenvalue weighted by Crippen LogP contribution is 2.31. The van der Waals surface area contributed by atoms with Crippen molar-refractivity contribution in [3.63, 3.8) is 0 Å². The molecule has 16 heavy (non-hydrogen) atoms. The largest absolute Gasteiger partial charge is 0.302 e. The molecule has 0 radical (unpaired) electrons. The Balaban J connectivity index is 2.36. The number of rotatable bonds is 3. The van der Waals surface area contributed by atoms with E-state index in [1.165, 1.54) is 0 Å². The Bertz CT molecular complexity index is 470. The molecule has 0 aliphatic carbocycles. The Hall–Kier alpha value is -0.910. The van der Waals surface area contributed by atoms with Gasteiger partial charge < -0.3 is 4.84 Å². The molecular formula is C11H15NO3S. The van der Waals surface area contributed by atoms with Crippen LogP contribution in [0.25, 0.3) is 0 Å². The lowest BCUT2D eigenvalue weighted by Crippen LogP contribution is -2.29. The van der Waals surface area contributed by atoms with Crippen molar-refractivity contribution in [1.82, 2.24) is 5.48 Å². The second kappa shape index (κ2) is 4.53. The maximum atomic E-state index is 11.8. The minimum Gasteiger partial charge on any atom is -0.302 e. The molecule has 5 heteroatoms. The molecule has 0 bridgehead atoms. The minimum absolute atomic E-state index is 0.0281. The van der Waals surface area contributed by atoms with Gasteiger partial charge in [-0.15, -0.1) is 0 Å². The Morgan fingerprint density at radius 3 is 2.94 bits per heavy atom. The van der Waals surface area contributed by atoms with Gasteiger partial charge in [-0.05, 0) is 25.0 Å². The summed E-state index contributed by atoms with van der Waals surface area (Å²) >= 11 is 0. The third kappa shape index (κ3) is 2.11. The molecule has 0 aromatic heterocycles. The molecule has 4 nitrogen and oxygen atoms in total. The fourth-order valence-electron chi connectivity index (χ4n) is 1.90. The number of sulfone groups is 1. The predicted octanol–water partition coefficient (Wildman–Crippen LogP) is 1.45. The molecule has 1 aromatic rings. The third-order valence-electron chi connectivity index (χ3n) is 2.67. The Morgan fingerprint density at radius 2 is 2.19 bits per heavy atom. The molecule has 0 spiro atoms. The van der Waals surface area contributed by atoms with E-state index >= 15 is 0 Å². The standard InChI is InChI=1S/C11H15NO3S/c1-2-15-12-10-7-8-16(13,14)11-6-4-3-5-9(10)11/h3-6,10,12H,2,7-8H2,1H3. The van der Waals surface area contributed by atoms with E-state index in [4.69, 9.17) is 4.84 Å². The van der Waals surface area contributed by atoms with Crippen LogP contribution in [0.1, 0.15) is 24.9 Å². The zero-order valence-electron chi connectivity index (χ0n) is 9.14. The molecule has 0 amide bonds. The maximum Gasteiger partial charge on any atom is 0.178 e. The van der Waals surface area contributed by atoms with Crippen LogP contribution in [0.5, 0.6) is 0 Å². The lowest BCUT2D eigenvalue weighted by atomic mass is 10.1. The molecule has 0 saturated carbocycles. The minimum atomic E-state index is -3.10. The van der Waals surface area contributed by atoms with Crippen molar-refractivity contribution in [2.24, 2.45) is 0 Å². The van der Waals surface area contributed by atoms with Gasteiger partial charge in [-0.1, -0.05) is 18.2 Å². The maximum absolute atomic E-state index is 11.8. The fraction of sp³-hybridized carbons (Fsp3) is 0.455. The normalized spacial score (nSPS) is 22.7. The quantitative estimate of drug-likeness (QED) is 0.814. The smallest absolute Gasteiger partial charge is 0.178 e. The zero-order valence-corrected chi connectivity index (χ0v) is 9.96. The summed E-state index contributed by atoms with van der Waals surface area (Å²) in [6.45, 7) is 2.45. The number of hydroxylamine groups is 1. The van der Waals surface area contributed by atoms with Gasteiger partial charge in [0.1, 0.15) is 0 Å². The molecule has 1 atom stereocenters. The van der Waals surface area contributed by atoms with Crippen molar-refractivity contribution >= 4 is 9.84 Å². The van der Waals surface area contributed by atoms with Crippen LogP contribution in [-0.2, 0) is 14.7 Å². The van der Waals surface area contributed by atoms with Crippen LogP contribution in [0.4, 0.5) is 0 Å². The SMILES string of the molecule is CCONC1CCS(=O)(=O)c2ccccc21. The monoisotopic (exact) mass is 241 g/mol. The van der Waals surface area contributed by atoms with Gasteiger partial charge in [-0.3, -0.25) is 0 Å². The van der Waals surface area contributed by atoms with E-state index in [-0.39, 0.29) is 11.8 Å². The first-order valence-corrected chi connectivity index (χ1v) is 6.99. The summed E-state index contributed by atoms with van der Waals surface area (Å²) in [4.78, 5) is 5.58. The summed E-state index contributed by atoms with van der Waals surface area (Å²) in [5.41, 5.74) is 3.71. The van der Waals surface area contributed by atoms with Gasteiger partial charge in [-0.2, -0.15) is 5.48 Å². The molecule has 1 aromatic carbocycles. The van der Waals surface area contributed by atoms with Crippen molar-refractivity contribution < 1.29 is 13.3 Å². The highest BCUT2D eigenvalue weighted by atomic mass is 32.2.